The molecule has 1 aromatic heterocycles. The summed E-state index contributed by atoms with van der Waals surface area (Å²) in [6, 6.07) is 0. The zero-order valence-electron chi connectivity index (χ0n) is 9.75. The lowest BCUT2D eigenvalue weighted by Crippen LogP contribution is -2.19. The number of alkyl halides is 2. The standard InChI is InChI=1S/C9H14F2N4OS/c1-9(2,3)17-4-5(16)12-8-13-7(6(10)11)14-15-8/h6H,4H2,1-3H3,(H2,12,13,14,15,16). The van der Waals surface area contributed by atoms with E-state index < -0.39 is 12.2 Å². The van der Waals surface area contributed by atoms with Crippen LogP contribution in [0.25, 0.3) is 0 Å². The van der Waals surface area contributed by atoms with Crippen LogP contribution >= 0.6 is 11.8 Å². The Kier molecular flexibility index (Phi) is 4.44. The van der Waals surface area contributed by atoms with Gasteiger partial charge in [0.25, 0.3) is 6.43 Å². The van der Waals surface area contributed by atoms with E-state index in [2.05, 4.69) is 20.5 Å². The molecular formula is C9H14F2N4OS. The maximum Gasteiger partial charge on any atom is 0.296 e. The zero-order chi connectivity index (χ0) is 13.1. The number of aromatic nitrogens is 3. The predicted molar refractivity (Wildman–Crippen MR) is 62.2 cm³/mol. The number of carbonyl (C=O) groups excluding carboxylic acids is 1. The van der Waals surface area contributed by atoms with Gasteiger partial charge in [-0.25, -0.2) is 8.78 Å². The lowest BCUT2D eigenvalue weighted by atomic mass is 10.3. The van der Waals surface area contributed by atoms with Gasteiger partial charge in [-0.05, 0) is 0 Å². The van der Waals surface area contributed by atoms with Crippen LogP contribution < -0.4 is 5.32 Å². The average molecular weight is 264 g/mol. The minimum atomic E-state index is -2.72. The van der Waals surface area contributed by atoms with Gasteiger partial charge in [0.05, 0.1) is 5.75 Å². The van der Waals surface area contributed by atoms with Gasteiger partial charge in [0.2, 0.25) is 11.9 Å². The first-order valence-corrected chi connectivity index (χ1v) is 5.91. The van der Waals surface area contributed by atoms with E-state index in [9.17, 15) is 13.6 Å². The minimum Gasteiger partial charge on any atom is -0.293 e. The molecule has 1 rings (SSSR count). The monoisotopic (exact) mass is 264 g/mol. The molecule has 0 aliphatic heterocycles. The van der Waals surface area contributed by atoms with Crippen LogP contribution in [-0.4, -0.2) is 31.6 Å². The number of nitrogens with zero attached hydrogens (tertiary/aromatic N) is 2. The van der Waals surface area contributed by atoms with E-state index >= 15 is 0 Å². The molecule has 0 bridgehead atoms. The molecule has 1 aromatic rings. The SMILES string of the molecule is CC(C)(C)SCC(=O)Nc1n[nH]c(C(F)F)n1. The van der Waals surface area contributed by atoms with E-state index in [4.69, 9.17) is 0 Å². The largest absolute Gasteiger partial charge is 0.296 e. The van der Waals surface area contributed by atoms with Crippen LogP contribution in [-0.2, 0) is 4.79 Å². The topological polar surface area (TPSA) is 70.7 Å². The van der Waals surface area contributed by atoms with Crippen LogP contribution in [0.15, 0.2) is 0 Å². The molecule has 96 valence electrons. The van der Waals surface area contributed by atoms with Crippen molar-refractivity contribution in [2.45, 2.75) is 31.9 Å². The molecule has 0 fully saturated rings. The Morgan fingerprint density at radius 3 is 2.65 bits per heavy atom. The van der Waals surface area contributed by atoms with Gasteiger partial charge in [-0.3, -0.25) is 15.2 Å². The Balaban J connectivity index is 2.45. The van der Waals surface area contributed by atoms with Crippen LogP contribution in [0.5, 0.6) is 0 Å². The highest BCUT2D eigenvalue weighted by molar-refractivity contribution is 8.01. The van der Waals surface area contributed by atoms with E-state index in [1.165, 1.54) is 11.8 Å². The molecule has 2 N–H and O–H groups in total. The van der Waals surface area contributed by atoms with Gasteiger partial charge in [0.1, 0.15) is 0 Å². The van der Waals surface area contributed by atoms with Crippen LogP contribution in [0.3, 0.4) is 0 Å². The highest BCUT2D eigenvalue weighted by atomic mass is 32.2. The molecule has 5 nitrogen and oxygen atoms in total. The normalized spacial score (nSPS) is 11.9. The third-order valence-corrected chi connectivity index (χ3v) is 2.87. The van der Waals surface area contributed by atoms with Crippen molar-refractivity contribution in [3.05, 3.63) is 5.82 Å². The smallest absolute Gasteiger partial charge is 0.293 e. The Hall–Kier alpha value is -1.18. The molecule has 0 aliphatic rings. The van der Waals surface area contributed by atoms with Crippen molar-refractivity contribution in [2.24, 2.45) is 0 Å². The number of amides is 1. The van der Waals surface area contributed by atoms with E-state index in [-0.39, 0.29) is 22.4 Å². The molecule has 0 spiro atoms. The number of hydrogen-bond donors (Lipinski definition) is 2. The molecular weight excluding hydrogens is 250 g/mol. The summed E-state index contributed by atoms with van der Waals surface area (Å²) in [5.41, 5.74) is 0. The number of aromatic amines is 1. The van der Waals surface area contributed by atoms with Gasteiger partial charge in [0.15, 0.2) is 5.82 Å². The highest BCUT2D eigenvalue weighted by Crippen LogP contribution is 2.22. The van der Waals surface area contributed by atoms with Crippen molar-refractivity contribution in [3.8, 4) is 0 Å². The molecule has 0 unspecified atom stereocenters. The van der Waals surface area contributed by atoms with Gasteiger partial charge in [-0.2, -0.15) is 4.98 Å². The number of thioether (sulfide) groups is 1. The number of nitrogens with one attached hydrogen (secondary N) is 2. The Bertz CT molecular complexity index is 389. The van der Waals surface area contributed by atoms with Gasteiger partial charge >= 0.3 is 0 Å². The second kappa shape index (κ2) is 5.44. The maximum absolute atomic E-state index is 12.2. The predicted octanol–water partition coefficient (Wildman–Crippen LogP) is 2.21. The molecule has 1 amide bonds. The van der Waals surface area contributed by atoms with E-state index in [0.717, 1.165) is 0 Å². The third-order valence-electron chi connectivity index (χ3n) is 1.60. The lowest BCUT2D eigenvalue weighted by molar-refractivity contribution is -0.113. The van der Waals surface area contributed by atoms with Crippen molar-refractivity contribution in [1.82, 2.24) is 15.2 Å². The molecule has 17 heavy (non-hydrogen) atoms. The number of halogens is 2. The first-order valence-electron chi connectivity index (χ1n) is 4.92. The van der Waals surface area contributed by atoms with Crippen LogP contribution in [0.2, 0.25) is 0 Å². The zero-order valence-corrected chi connectivity index (χ0v) is 10.6. The number of H-pyrrole nitrogens is 1. The van der Waals surface area contributed by atoms with Crippen molar-refractivity contribution in [1.29, 1.82) is 0 Å². The number of rotatable bonds is 4. The summed E-state index contributed by atoms with van der Waals surface area (Å²) in [6.45, 7) is 5.94. The Labute approximate surface area is 102 Å². The van der Waals surface area contributed by atoms with Gasteiger partial charge < -0.3 is 0 Å². The molecule has 0 saturated heterocycles. The first-order chi connectivity index (χ1) is 7.78. The van der Waals surface area contributed by atoms with E-state index in [1.807, 2.05) is 20.8 Å². The highest BCUT2D eigenvalue weighted by Gasteiger charge is 2.16. The number of anilines is 1. The van der Waals surface area contributed by atoms with Gasteiger partial charge in [0, 0.05) is 4.75 Å². The summed E-state index contributed by atoms with van der Waals surface area (Å²) in [5, 5.41) is 7.86. The minimum absolute atomic E-state index is 0.0372. The number of carbonyl (C=O) groups is 1. The molecule has 0 atom stereocenters. The van der Waals surface area contributed by atoms with Crippen LogP contribution in [0.1, 0.15) is 33.0 Å². The quantitative estimate of drug-likeness (QED) is 0.874. The van der Waals surface area contributed by atoms with Crippen LogP contribution in [0, 0.1) is 0 Å². The van der Waals surface area contributed by atoms with Gasteiger partial charge in [-0.1, -0.05) is 20.8 Å². The van der Waals surface area contributed by atoms with Crippen molar-refractivity contribution in [2.75, 3.05) is 11.1 Å². The fourth-order valence-corrected chi connectivity index (χ4v) is 1.51. The van der Waals surface area contributed by atoms with Crippen molar-refractivity contribution < 1.29 is 13.6 Å². The second-order valence-electron chi connectivity index (χ2n) is 4.29. The summed E-state index contributed by atoms with van der Waals surface area (Å²) in [6.07, 6.45) is -2.72. The molecule has 0 saturated carbocycles. The molecule has 0 aromatic carbocycles. The Morgan fingerprint density at radius 1 is 1.53 bits per heavy atom. The first kappa shape index (κ1) is 13.9. The fourth-order valence-electron chi connectivity index (χ4n) is 0.871. The lowest BCUT2D eigenvalue weighted by Gasteiger charge is -2.16. The molecule has 8 heteroatoms. The summed E-state index contributed by atoms with van der Waals surface area (Å²) in [4.78, 5) is 14.9. The summed E-state index contributed by atoms with van der Waals surface area (Å²) in [7, 11) is 0. The Morgan fingerprint density at radius 2 is 2.18 bits per heavy atom. The molecule has 0 radical (unpaired) electrons. The summed E-state index contributed by atoms with van der Waals surface area (Å²) >= 11 is 1.45. The second-order valence-corrected chi connectivity index (χ2v) is 6.10. The summed E-state index contributed by atoms with van der Waals surface area (Å²) < 4.78 is 24.3. The third kappa shape index (κ3) is 5.12. The van der Waals surface area contributed by atoms with Gasteiger partial charge in [-0.15, -0.1) is 16.9 Å². The van der Waals surface area contributed by atoms with Crippen molar-refractivity contribution in [3.63, 3.8) is 0 Å². The van der Waals surface area contributed by atoms with Crippen molar-refractivity contribution >= 4 is 23.6 Å². The van der Waals surface area contributed by atoms with E-state index in [0.29, 0.717) is 0 Å². The summed E-state index contributed by atoms with van der Waals surface area (Å²) in [5.74, 6) is -0.768. The molecule has 0 aliphatic carbocycles. The maximum atomic E-state index is 12.2. The molecule has 1 heterocycles. The fraction of sp³-hybridized carbons (Fsp3) is 0.667. The van der Waals surface area contributed by atoms with Crippen LogP contribution in [0.4, 0.5) is 14.7 Å². The number of hydrogen-bond acceptors (Lipinski definition) is 4. The van der Waals surface area contributed by atoms with E-state index in [1.54, 1.807) is 0 Å². The average Bonchev–Trinajstić information content (AvgIpc) is 2.62.